The summed E-state index contributed by atoms with van der Waals surface area (Å²) in [7, 11) is 0. The van der Waals surface area contributed by atoms with Crippen molar-refractivity contribution < 1.29 is 0 Å². The van der Waals surface area contributed by atoms with Gasteiger partial charge in [-0.2, -0.15) is 0 Å². The van der Waals surface area contributed by atoms with Gasteiger partial charge in [-0.05, 0) is 128 Å². The summed E-state index contributed by atoms with van der Waals surface area (Å²) in [6.07, 6.45) is 2.12. The summed E-state index contributed by atoms with van der Waals surface area (Å²) in [6.45, 7) is 9.47. The molecule has 1 nitrogen and oxygen atoms in total. The Hall–Kier alpha value is -5.40. The Morgan fingerprint density at radius 1 is 0.408 bits per heavy atom. The second-order valence-electron chi connectivity index (χ2n) is 14.4. The monoisotopic (exact) mass is 631 g/mol. The van der Waals surface area contributed by atoms with Crippen molar-refractivity contribution in [3.8, 4) is 33.4 Å². The minimum absolute atomic E-state index is 0.0326. The number of rotatable bonds is 6. The van der Waals surface area contributed by atoms with Crippen LogP contribution < -0.4 is 4.90 Å². The minimum Gasteiger partial charge on any atom is -0.310 e. The fourth-order valence-electron chi connectivity index (χ4n) is 9.03. The summed E-state index contributed by atoms with van der Waals surface area (Å²) >= 11 is 0. The number of anilines is 3. The summed E-state index contributed by atoms with van der Waals surface area (Å²) < 4.78 is 0. The van der Waals surface area contributed by atoms with Crippen LogP contribution in [-0.2, 0) is 10.8 Å². The van der Waals surface area contributed by atoms with Crippen molar-refractivity contribution >= 4 is 27.8 Å². The molecule has 7 aromatic rings. The standard InChI is InChI=1S/C48H41N/c1-5-48(6-2)45-29-35-17-11-10-16-34(35)28-42(45)41-27-25-38(31-46(41)48)49(36-22-20-33(21-23-36)32-14-8-7-9-15-32)37-24-26-40-39-18-12-13-19-43(39)47(3,4)44(40)30-37/h7-31H,5-6H2,1-4H3. The predicted molar refractivity (Wildman–Crippen MR) is 208 cm³/mol. The lowest BCUT2D eigenvalue weighted by molar-refractivity contribution is 0.491. The lowest BCUT2D eigenvalue weighted by atomic mass is 9.73. The number of nitrogens with zero attached hydrogens (tertiary/aromatic N) is 1. The highest BCUT2D eigenvalue weighted by atomic mass is 15.1. The molecule has 0 atom stereocenters. The summed E-state index contributed by atoms with van der Waals surface area (Å²) in [5.41, 5.74) is 17.1. The number of fused-ring (bicyclic) bond motifs is 7. The Kier molecular flexibility index (Phi) is 6.71. The van der Waals surface area contributed by atoms with E-state index < -0.39 is 0 Å². The Bertz CT molecular complexity index is 2370. The van der Waals surface area contributed by atoms with Crippen molar-refractivity contribution in [2.24, 2.45) is 0 Å². The molecule has 0 aromatic heterocycles. The summed E-state index contributed by atoms with van der Waals surface area (Å²) in [6, 6.07) is 56.8. The average molecular weight is 632 g/mol. The minimum atomic E-state index is -0.0774. The Morgan fingerprint density at radius 3 is 1.61 bits per heavy atom. The van der Waals surface area contributed by atoms with Crippen molar-refractivity contribution in [2.45, 2.75) is 51.4 Å². The smallest absolute Gasteiger partial charge is 0.0465 e. The molecular formula is C48H41N. The average Bonchev–Trinajstić information content (AvgIpc) is 3.55. The molecule has 0 bridgehead atoms. The van der Waals surface area contributed by atoms with Crippen LogP contribution >= 0.6 is 0 Å². The van der Waals surface area contributed by atoms with Gasteiger partial charge in [0.15, 0.2) is 0 Å². The van der Waals surface area contributed by atoms with Gasteiger partial charge in [0, 0.05) is 27.9 Å². The van der Waals surface area contributed by atoms with Crippen LogP contribution in [0.2, 0.25) is 0 Å². The van der Waals surface area contributed by atoms with Crippen LogP contribution in [0.25, 0.3) is 44.2 Å². The van der Waals surface area contributed by atoms with Gasteiger partial charge < -0.3 is 4.90 Å². The molecule has 7 aromatic carbocycles. The molecule has 238 valence electrons. The molecule has 0 unspecified atom stereocenters. The van der Waals surface area contributed by atoms with E-state index in [1.54, 1.807) is 0 Å². The summed E-state index contributed by atoms with van der Waals surface area (Å²) in [4.78, 5) is 2.48. The van der Waals surface area contributed by atoms with Crippen molar-refractivity contribution in [3.63, 3.8) is 0 Å². The van der Waals surface area contributed by atoms with Gasteiger partial charge in [-0.3, -0.25) is 0 Å². The number of hydrogen-bond donors (Lipinski definition) is 0. The zero-order chi connectivity index (χ0) is 33.3. The molecule has 49 heavy (non-hydrogen) atoms. The quantitative estimate of drug-likeness (QED) is 0.176. The highest BCUT2D eigenvalue weighted by molar-refractivity contribution is 5.95. The highest BCUT2D eigenvalue weighted by Gasteiger charge is 2.41. The largest absolute Gasteiger partial charge is 0.310 e. The maximum atomic E-state index is 2.51. The van der Waals surface area contributed by atoms with E-state index in [4.69, 9.17) is 0 Å². The van der Waals surface area contributed by atoms with Gasteiger partial charge in [0.05, 0.1) is 0 Å². The molecule has 2 aliphatic rings. The first-order valence-corrected chi connectivity index (χ1v) is 17.8. The number of hydrogen-bond acceptors (Lipinski definition) is 1. The lowest BCUT2D eigenvalue weighted by Gasteiger charge is -2.32. The summed E-state index contributed by atoms with van der Waals surface area (Å²) in [5.74, 6) is 0. The van der Waals surface area contributed by atoms with E-state index in [-0.39, 0.29) is 10.8 Å². The van der Waals surface area contributed by atoms with Crippen molar-refractivity contribution in [1.29, 1.82) is 0 Å². The second-order valence-corrected chi connectivity index (χ2v) is 14.4. The van der Waals surface area contributed by atoms with Crippen LogP contribution in [0.3, 0.4) is 0 Å². The van der Waals surface area contributed by atoms with E-state index in [9.17, 15) is 0 Å². The molecule has 2 aliphatic carbocycles. The van der Waals surface area contributed by atoms with Crippen LogP contribution in [0, 0.1) is 0 Å². The van der Waals surface area contributed by atoms with Gasteiger partial charge in [0.2, 0.25) is 0 Å². The van der Waals surface area contributed by atoms with Crippen LogP contribution in [0.4, 0.5) is 17.1 Å². The molecule has 1 heteroatoms. The predicted octanol–water partition coefficient (Wildman–Crippen LogP) is 13.4. The van der Waals surface area contributed by atoms with Gasteiger partial charge in [0.25, 0.3) is 0 Å². The van der Waals surface area contributed by atoms with Gasteiger partial charge in [-0.1, -0.05) is 131 Å². The first-order valence-electron chi connectivity index (χ1n) is 17.8. The third kappa shape index (κ3) is 4.38. The SMILES string of the molecule is CCC1(CC)c2cc(N(c3ccc(-c4ccccc4)cc3)c3ccc4c(c3)C(C)(C)c3ccccc3-4)ccc2-c2cc3ccccc3cc21. The van der Waals surface area contributed by atoms with Crippen molar-refractivity contribution in [1.82, 2.24) is 0 Å². The fraction of sp³-hybridized carbons (Fsp3) is 0.167. The molecule has 0 amide bonds. The van der Waals surface area contributed by atoms with E-state index in [0.717, 1.165) is 18.5 Å². The second kappa shape index (κ2) is 11.1. The normalized spacial score (nSPS) is 14.6. The Balaban J connectivity index is 1.23. The van der Waals surface area contributed by atoms with Crippen LogP contribution in [-0.4, -0.2) is 0 Å². The molecule has 0 fully saturated rings. The first-order chi connectivity index (χ1) is 23.9. The van der Waals surface area contributed by atoms with Crippen LogP contribution in [0.15, 0.2) is 152 Å². The number of benzene rings is 7. The van der Waals surface area contributed by atoms with E-state index in [2.05, 4.69) is 184 Å². The third-order valence-corrected chi connectivity index (χ3v) is 11.7. The molecular weight excluding hydrogens is 591 g/mol. The van der Waals surface area contributed by atoms with Gasteiger partial charge >= 0.3 is 0 Å². The van der Waals surface area contributed by atoms with Gasteiger partial charge in [-0.15, -0.1) is 0 Å². The Labute approximate surface area is 290 Å². The highest BCUT2D eigenvalue weighted by Crippen LogP contribution is 2.56. The van der Waals surface area contributed by atoms with E-state index in [0.29, 0.717) is 0 Å². The zero-order valence-corrected chi connectivity index (χ0v) is 28.8. The maximum Gasteiger partial charge on any atom is 0.0465 e. The van der Waals surface area contributed by atoms with E-state index >= 15 is 0 Å². The van der Waals surface area contributed by atoms with Crippen molar-refractivity contribution in [2.75, 3.05) is 4.90 Å². The van der Waals surface area contributed by atoms with Crippen molar-refractivity contribution in [3.05, 3.63) is 174 Å². The van der Waals surface area contributed by atoms with Crippen LogP contribution in [0.5, 0.6) is 0 Å². The van der Waals surface area contributed by atoms with Crippen LogP contribution in [0.1, 0.15) is 62.8 Å². The third-order valence-electron chi connectivity index (χ3n) is 11.7. The zero-order valence-electron chi connectivity index (χ0n) is 28.8. The molecule has 0 spiro atoms. The summed E-state index contributed by atoms with van der Waals surface area (Å²) in [5, 5.41) is 2.63. The van der Waals surface area contributed by atoms with E-state index in [1.807, 2.05) is 0 Å². The molecule has 0 saturated heterocycles. The molecule has 9 rings (SSSR count). The van der Waals surface area contributed by atoms with Gasteiger partial charge in [-0.25, -0.2) is 0 Å². The molecule has 0 aliphatic heterocycles. The molecule has 0 heterocycles. The maximum absolute atomic E-state index is 2.51. The first kappa shape index (κ1) is 29.7. The fourth-order valence-corrected chi connectivity index (χ4v) is 9.03. The molecule has 0 N–H and O–H groups in total. The van der Waals surface area contributed by atoms with Gasteiger partial charge in [0.1, 0.15) is 0 Å². The lowest BCUT2D eigenvalue weighted by Crippen LogP contribution is -2.23. The van der Waals surface area contributed by atoms with E-state index in [1.165, 1.54) is 77.8 Å². The topological polar surface area (TPSA) is 3.24 Å². The molecule has 0 radical (unpaired) electrons. The molecule has 0 saturated carbocycles. The Morgan fingerprint density at radius 2 is 0.918 bits per heavy atom.